The van der Waals surface area contributed by atoms with Crippen LogP contribution in [-0.4, -0.2) is 24.4 Å². The zero-order chi connectivity index (χ0) is 16.1. The van der Waals surface area contributed by atoms with Crippen LogP contribution < -0.4 is 4.74 Å². The maximum atomic E-state index is 12.7. The lowest BCUT2D eigenvalue weighted by molar-refractivity contribution is -0.274. The predicted octanol–water partition coefficient (Wildman–Crippen LogP) is 4.36. The normalized spacial score (nSPS) is 12.3. The topological polar surface area (TPSA) is 35.5 Å². The van der Waals surface area contributed by atoms with E-state index in [9.17, 15) is 18.0 Å². The van der Waals surface area contributed by atoms with E-state index in [1.807, 2.05) is 0 Å². The summed E-state index contributed by atoms with van der Waals surface area (Å²) in [6.45, 7) is 5.58. The first-order valence-electron chi connectivity index (χ1n) is 6.83. The lowest BCUT2D eigenvalue weighted by Gasteiger charge is -2.30. The van der Waals surface area contributed by atoms with Gasteiger partial charge in [-0.05, 0) is 31.9 Å². The van der Waals surface area contributed by atoms with Crippen molar-refractivity contribution in [2.45, 2.75) is 45.6 Å². The molecule has 1 aromatic carbocycles. The van der Waals surface area contributed by atoms with Gasteiger partial charge in [-0.2, -0.15) is 0 Å². The molecule has 0 saturated heterocycles. The van der Waals surface area contributed by atoms with Crippen molar-refractivity contribution in [3.8, 4) is 5.75 Å². The van der Waals surface area contributed by atoms with Gasteiger partial charge in [0.05, 0.1) is 5.56 Å². The molecular formula is C15H19F3O3. The minimum Gasteiger partial charge on any atom is -0.405 e. The fourth-order valence-corrected chi connectivity index (χ4v) is 2.23. The van der Waals surface area contributed by atoms with Gasteiger partial charge in [0, 0.05) is 6.61 Å². The van der Waals surface area contributed by atoms with Crippen molar-refractivity contribution < 1.29 is 27.4 Å². The Morgan fingerprint density at radius 1 is 1.10 bits per heavy atom. The molecule has 0 fully saturated rings. The van der Waals surface area contributed by atoms with E-state index in [4.69, 9.17) is 4.74 Å². The van der Waals surface area contributed by atoms with Gasteiger partial charge in [0.1, 0.15) is 11.4 Å². The molecule has 0 saturated carbocycles. The van der Waals surface area contributed by atoms with E-state index in [2.05, 4.69) is 4.74 Å². The van der Waals surface area contributed by atoms with Crippen LogP contribution in [-0.2, 0) is 4.74 Å². The molecule has 0 aliphatic rings. The molecule has 21 heavy (non-hydrogen) atoms. The molecule has 1 rings (SSSR count). The fourth-order valence-electron chi connectivity index (χ4n) is 2.23. The van der Waals surface area contributed by atoms with Crippen LogP contribution in [0.4, 0.5) is 13.2 Å². The van der Waals surface area contributed by atoms with Gasteiger partial charge in [-0.1, -0.05) is 26.0 Å². The van der Waals surface area contributed by atoms with Gasteiger partial charge in [0.15, 0.2) is 5.78 Å². The fraction of sp³-hybridized carbons (Fsp3) is 0.533. The average molecular weight is 304 g/mol. The SMILES string of the molecule is CCOC(CC)(CC)C(=O)c1ccccc1OC(F)(F)F. The van der Waals surface area contributed by atoms with Crippen molar-refractivity contribution in [1.82, 2.24) is 0 Å². The molecule has 0 radical (unpaired) electrons. The molecule has 3 nitrogen and oxygen atoms in total. The second-order valence-electron chi connectivity index (χ2n) is 4.51. The number of carbonyl (C=O) groups is 1. The molecule has 118 valence electrons. The van der Waals surface area contributed by atoms with Gasteiger partial charge in [0.25, 0.3) is 0 Å². The van der Waals surface area contributed by atoms with Gasteiger partial charge >= 0.3 is 6.36 Å². The van der Waals surface area contributed by atoms with E-state index < -0.39 is 23.5 Å². The van der Waals surface area contributed by atoms with Crippen LogP contribution in [0.1, 0.15) is 44.0 Å². The minimum absolute atomic E-state index is 0.119. The molecule has 1 aromatic rings. The van der Waals surface area contributed by atoms with Crippen LogP contribution in [0.3, 0.4) is 0 Å². The standard InChI is InChI=1S/C15H19F3O3/c1-4-14(5-2,20-6-3)13(19)11-9-7-8-10-12(11)21-15(16,17)18/h7-10H,4-6H2,1-3H3. The number of halogens is 3. The second-order valence-corrected chi connectivity index (χ2v) is 4.51. The summed E-state index contributed by atoms with van der Waals surface area (Å²) in [5, 5.41) is 0. The Morgan fingerprint density at radius 2 is 1.67 bits per heavy atom. The zero-order valence-electron chi connectivity index (χ0n) is 12.3. The Bertz CT molecular complexity index is 479. The lowest BCUT2D eigenvalue weighted by atomic mass is 9.87. The highest BCUT2D eigenvalue weighted by molar-refractivity contribution is 6.04. The quantitative estimate of drug-likeness (QED) is 0.702. The van der Waals surface area contributed by atoms with E-state index in [-0.39, 0.29) is 5.56 Å². The van der Waals surface area contributed by atoms with Crippen LogP contribution in [0.2, 0.25) is 0 Å². The van der Waals surface area contributed by atoms with Gasteiger partial charge in [0.2, 0.25) is 0 Å². The van der Waals surface area contributed by atoms with Crippen LogP contribution in [0.5, 0.6) is 5.75 Å². The Morgan fingerprint density at radius 3 is 2.14 bits per heavy atom. The van der Waals surface area contributed by atoms with Crippen LogP contribution >= 0.6 is 0 Å². The average Bonchev–Trinajstić information content (AvgIpc) is 2.43. The van der Waals surface area contributed by atoms with E-state index in [1.54, 1.807) is 20.8 Å². The Kier molecular flexibility index (Phi) is 5.78. The van der Waals surface area contributed by atoms with E-state index in [0.29, 0.717) is 19.4 Å². The first kappa shape index (κ1) is 17.5. The molecule has 0 bridgehead atoms. The Labute approximate surface area is 122 Å². The summed E-state index contributed by atoms with van der Waals surface area (Å²) in [4.78, 5) is 12.7. The summed E-state index contributed by atoms with van der Waals surface area (Å²) < 4.78 is 46.8. The van der Waals surface area contributed by atoms with Gasteiger partial charge < -0.3 is 9.47 Å². The number of ketones is 1. The molecule has 0 amide bonds. The summed E-state index contributed by atoms with van der Waals surface area (Å²) in [5.41, 5.74) is -1.24. The second kappa shape index (κ2) is 6.93. The molecule has 6 heteroatoms. The lowest BCUT2D eigenvalue weighted by Crippen LogP contribution is -2.41. The first-order chi connectivity index (χ1) is 9.79. The molecule has 0 aliphatic heterocycles. The van der Waals surface area contributed by atoms with Crippen molar-refractivity contribution in [3.63, 3.8) is 0 Å². The molecule has 0 spiro atoms. The highest BCUT2D eigenvalue weighted by Gasteiger charge is 2.39. The van der Waals surface area contributed by atoms with Crippen molar-refractivity contribution in [1.29, 1.82) is 0 Å². The third-order valence-electron chi connectivity index (χ3n) is 3.33. The van der Waals surface area contributed by atoms with Crippen molar-refractivity contribution in [3.05, 3.63) is 29.8 Å². The minimum atomic E-state index is -4.84. The van der Waals surface area contributed by atoms with Crippen molar-refractivity contribution in [2.75, 3.05) is 6.61 Å². The molecule has 0 N–H and O–H groups in total. The maximum absolute atomic E-state index is 12.7. The summed E-state index contributed by atoms with van der Waals surface area (Å²) in [6, 6.07) is 5.34. The third-order valence-corrected chi connectivity index (χ3v) is 3.33. The largest absolute Gasteiger partial charge is 0.573 e. The third kappa shape index (κ3) is 4.20. The smallest absolute Gasteiger partial charge is 0.405 e. The zero-order valence-corrected chi connectivity index (χ0v) is 12.3. The Hall–Kier alpha value is -1.56. The van der Waals surface area contributed by atoms with Crippen LogP contribution in [0.25, 0.3) is 0 Å². The predicted molar refractivity (Wildman–Crippen MR) is 72.4 cm³/mol. The molecule has 0 unspecified atom stereocenters. The summed E-state index contributed by atoms with van der Waals surface area (Å²) >= 11 is 0. The number of rotatable bonds is 7. The maximum Gasteiger partial charge on any atom is 0.573 e. The molecule has 0 aliphatic carbocycles. The van der Waals surface area contributed by atoms with Crippen LogP contribution in [0.15, 0.2) is 24.3 Å². The van der Waals surface area contributed by atoms with E-state index >= 15 is 0 Å². The number of ether oxygens (including phenoxy) is 2. The van der Waals surface area contributed by atoms with Gasteiger partial charge in [-0.15, -0.1) is 13.2 Å². The van der Waals surface area contributed by atoms with E-state index in [0.717, 1.165) is 6.07 Å². The Balaban J connectivity index is 3.22. The van der Waals surface area contributed by atoms with Gasteiger partial charge in [-0.25, -0.2) is 0 Å². The first-order valence-corrected chi connectivity index (χ1v) is 6.83. The van der Waals surface area contributed by atoms with Crippen molar-refractivity contribution in [2.24, 2.45) is 0 Å². The number of benzene rings is 1. The number of alkyl halides is 3. The number of carbonyl (C=O) groups excluding carboxylic acids is 1. The van der Waals surface area contributed by atoms with E-state index in [1.165, 1.54) is 18.2 Å². The highest BCUT2D eigenvalue weighted by atomic mass is 19.4. The molecule has 0 atom stereocenters. The monoisotopic (exact) mass is 304 g/mol. The number of para-hydroxylation sites is 1. The highest BCUT2D eigenvalue weighted by Crippen LogP contribution is 2.32. The number of Topliss-reactive ketones (excluding diaryl/α,β-unsaturated/α-hetero) is 1. The summed E-state index contributed by atoms with van der Waals surface area (Å²) in [6.07, 6.45) is -4.10. The molecule has 0 aromatic heterocycles. The molecular weight excluding hydrogens is 285 g/mol. The number of hydrogen-bond acceptors (Lipinski definition) is 3. The summed E-state index contributed by atoms with van der Waals surface area (Å²) in [5.74, 6) is -0.991. The number of hydrogen-bond donors (Lipinski definition) is 0. The summed E-state index contributed by atoms with van der Waals surface area (Å²) in [7, 11) is 0. The molecule has 0 heterocycles. The van der Waals surface area contributed by atoms with Crippen molar-refractivity contribution >= 4 is 5.78 Å². The van der Waals surface area contributed by atoms with Crippen LogP contribution in [0, 0.1) is 0 Å². The van der Waals surface area contributed by atoms with Gasteiger partial charge in [-0.3, -0.25) is 4.79 Å².